The van der Waals surface area contributed by atoms with Crippen LogP contribution in [0.1, 0.15) is 39.5 Å². The zero-order valence-corrected chi connectivity index (χ0v) is 19.5. The summed E-state index contributed by atoms with van der Waals surface area (Å²) in [6.07, 6.45) is 3.15. The predicted molar refractivity (Wildman–Crippen MR) is 126 cm³/mol. The summed E-state index contributed by atoms with van der Waals surface area (Å²) in [6.45, 7) is 5.87. The summed E-state index contributed by atoms with van der Waals surface area (Å²) in [4.78, 5) is 26.2. The van der Waals surface area contributed by atoms with Gasteiger partial charge in [-0.15, -0.1) is 11.3 Å². The normalized spacial score (nSPS) is 12.2. The average molecular weight is 459 g/mol. The fraction of sp³-hybridized carbons (Fsp3) is 0.208. The molecular weight excluding hydrogens is 436 g/mol. The quantitative estimate of drug-likeness (QED) is 0.369. The number of benzene rings is 1. The Morgan fingerprint density at radius 1 is 1.15 bits per heavy atom. The maximum Gasteiger partial charge on any atom is 0.259 e. The second-order valence-electron chi connectivity index (χ2n) is 7.94. The predicted octanol–water partition coefficient (Wildman–Crippen LogP) is 4.98. The number of carbonyl (C=O) groups excluding carboxylic acids is 1. The highest BCUT2D eigenvalue weighted by Crippen LogP contribution is 2.32. The maximum absolute atomic E-state index is 13.7. The number of thiophene rings is 1. The number of fused-ring (bicyclic) bond motifs is 1. The van der Waals surface area contributed by atoms with E-state index in [9.17, 15) is 4.79 Å². The lowest BCUT2D eigenvalue weighted by atomic mass is 10.0. The Morgan fingerprint density at radius 3 is 2.61 bits per heavy atom. The van der Waals surface area contributed by atoms with Gasteiger partial charge in [0.1, 0.15) is 12.7 Å². The van der Waals surface area contributed by atoms with E-state index in [0.717, 1.165) is 16.1 Å². The first kappa shape index (κ1) is 21.0. The first-order valence-electron chi connectivity index (χ1n) is 10.5. The van der Waals surface area contributed by atoms with E-state index < -0.39 is 0 Å². The van der Waals surface area contributed by atoms with Gasteiger partial charge in [-0.05, 0) is 56.7 Å². The molecule has 0 aliphatic carbocycles. The molecule has 5 aromatic rings. The number of nitrogens with zero attached hydrogens (tertiary/aromatic N) is 6. The maximum atomic E-state index is 13.7. The van der Waals surface area contributed by atoms with Crippen LogP contribution in [-0.2, 0) is 0 Å². The Labute approximate surface area is 194 Å². The van der Waals surface area contributed by atoms with E-state index in [1.165, 1.54) is 11.2 Å². The Hall–Kier alpha value is -3.85. The fourth-order valence-electron chi connectivity index (χ4n) is 3.80. The van der Waals surface area contributed by atoms with Gasteiger partial charge < -0.3 is 9.42 Å². The van der Waals surface area contributed by atoms with Gasteiger partial charge in [-0.3, -0.25) is 4.79 Å². The van der Waals surface area contributed by atoms with Gasteiger partial charge in [-0.1, -0.05) is 17.3 Å². The van der Waals surface area contributed by atoms with Crippen molar-refractivity contribution in [2.45, 2.75) is 26.8 Å². The monoisotopic (exact) mass is 458 g/mol. The molecule has 0 N–H and O–H groups in total. The standard InChI is InChI=1S/C24H22N6O2S/c1-14-5-10-21(33-14)20-11-19(22-15(2)28-32-23(22)27-20)24(31)29(4)16(3)17-6-8-18(9-7-17)30-13-25-12-26-30/h5-13,16H,1-4H3/t16-/m0/s1. The van der Waals surface area contributed by atoms with Gasteiger partial charge in [-0.2, -0.15) is 5.10 Å². The molecule has 0 spiro atoms. The third-order valence-electron chi connectivity index (χ3n) is 5.80. The first-order valence-corrected chi connectivity index (χ1v) is 11.3. The molecular formula is C24H22N6O2S. The lowest BCUT2D eigenvalue weighted by Gasteiger charge is -2.26. The Balaban J connectivity index is 1.49. The third-order valence-corrected chi connectivity index (χ3v) is 6.82. The number of hydrogen-bond acceptors (Lipinski definition) is 7. The zero-order chi connectivity index (χ0) is 23.1. The van der Waals surface area contributed by atoms with Crippen molar-refractivity contribution in [2.24, 2.45) is 0 Å². The summed E-state index contributed by atoms with van der Waals surface area (Å²) in [5, 5.41) is 8.86. The lowest BCUT2D eigenvalue weighted by molar-refractivity contribution is 0.0744. The molecule has 0 unspecified atom stereocenters. The molecule has 9 heteroatoms. The lowest BCUT2D eigenvalue weighted by Crippen LogP contribution is -2.30. The molecule has 4 heterocycles. The molecule has 0 radical (unpaired) electrons. The molecule has 0 bridgehead atoms. The average Bonchev–Trinajstić information content (AvgIpc) is 3.59. The molecule has 0 saturated heterocycles. The number of aryl methyl sites for hydroxylation is 2. The molecule has 166 valence electrons. The van der Waals surface area contributed by atoms with Crippen molar-refractivity contribution in [3.63, 3.8) is 0 Å². The van der Waals surface area contributed by atoms with Gasteiger partial charge >= 0.3 is 0 Å². The van der Waals surface area contributed by atoms with Crippen LogP contribution in [0.5, 0.6) is 0 Å². The Morgan fingerprint density at radius 2 is 1.94 bits per heavy atom. The van der Waals surface area contributed by atoms with Gasteiger partial charge in [0.15, 0.2) is 0 Å². The molecule has 0 aliphatic heterocycles. The van der Waals surface area contributed by atoms with Gasteiger partial charge in [0.2, 0.25) is 0 Å². The van der Waals surface area contributed by atoms with Gasteiger partial charge in [0, 0.05) is 11.9 Å². The van der Waals surface area contributed by atoms with Crippen LogP contribution in [0.25, 0.3) is 27.4 Å². The Kier molecular flexibility index (Phi) is 5.26. The minimum absolute atomic E-state index is 0.115. The molecule has 33 heavy (non-hydrogen) atoms. The van der Waals surface area contributed by atoms with Crippen LogP contribution in [0, 0.1) is 13.8 Å². The van der Waals surface area contributed by atoms with Crippen molar-refractivity contribution >= 4 is 28.3 Å². The van der Waals surface area contributed by atoms with Gasteiger partial charge in [-0.25, -0.2) is 14.6 Å². The summed E-state index contributed by atoms with van der Waals surface area (Å²) in [5.74, 6) is -0.115. The molecule has 0 saturated carbocycles. The molecule has 4 aromatic heterocycles. The van der Waals surface area contributed by atoms with Crippen molar-refractivity contribution in [1.82, 2.24) is 29.8 Å². The van der Waals surface area contributed by atoms with E-state index in [0.29, 0.717) is 28.1 Å². The summed E-state index contributed by atoms with van der Waals surface area (Å²) < 4.78 is 7.14. The van der Waals surface area contributed by atoms with E-state index in [1.807, 2.05) is 70.3 Å². The molecule has 1 aromatic carbocycles. The van der Waals surface area contributed by atoms with Crippen LogP contribution in [0.2, 0.25) is 0 Å². The van der Waals surface area contributed by atoms with Crippen LogP contribution in [0.4, 0.5) is 0 Å². The highest BCUT2D eigenvalue weighted by atomic mass is 32.1. The van der Waals surface area contributed by atoms with Crippen molar-refractivity contribution < 1.29 is 9.32 Å². The number of carbonyl (C=O) groups is 1. The molecule has 0 aliphatic rings. The Bertz CT molecular complexity index is 1440. The molecule has 0 fully saturated rings. The van der Waals surface area contributed by atoms with E-state index in [2.05, 4.69) is 20.2 Å². The largest absolute Gasteiger partial charge is 0.335 e. The number of aromatic nitrogens is 5. The molecule has 8 nitrogen and oxygen atoms in total. The molecule has 1 atom stereocenters. The van der Waals surface area contributed by atoms with Crippen molar-refractivity contribution in [2.75, 3.05) is 7.05 Å². The van der Waals surface area contributed by atoms with Crippen molar-refractivity contribution in [3.05, 3.63) is 76.8 Å². The highest BCUT2D eigenvalue weighted by Gasteiger charge is 2.25. The van der Waals surface area contributed by atoms with Crippen molar-refractivity contribution in [3.8, 4) is 16.3 Å². The second kappa shape index (κ2) is 8.25. The minimum atomic E-state index is -0.155. The molecule has 5 rings (SSSR count). The number of amides is 1. The summed E-state index contributed by atoms with van der Waals surface area (Å²) in [7, 11) is 1.81. The zero-order valence-electron chi connectivity index (χ0n) is 18.7. The van der Waals surface area contributed by atoms with E-state index >= 15 is 0 Å². The van der Waals surface area contributed by atoms with E-state index in [-0.39, 0.29) is 11.9 Å². The van der Waals surface area contributed by atoms with Crippen LogP contribution in [0.15, 0.2) is 59.6 Å². The van der Waals surface area contributed by atoms with Gasteiger partial charge in [0.05, 0.1) is 38.9 Å². The van der Waals surface area contributed by atoms with E-state index in [1.54, 1.807) is 27.2 Å². The first-order chi connectivity index (χ1) is 15.9. The van der Waals surface area contributed by atoms with Crippen LogP contribution < -0.4 is 0 Å². The molecule has 1 amide bonds. The van der Waals surface area contributed by atoms with Crippen molar-refractivity contribution in [1.29, 1.82) is 0 Å². The topological polar surface area (TPSA) is 89.9 Å². The number of hydrogen-bond donors (Lipinski definition) is 0. The fourth-order valence-corrected chi connectivity index (χ4v) is 4.63. The van der Waals surface area contributed by atoms with E-state index in [4.69, 9.17) is 4.52 Å². The number of pyridine rings is 1. The van der Waals surface area contributed by atoms with Crippen LogP contribution in [0.3, 0.4) is 0 Å². The van der Waals surface area contributed by atoms with Crippen LogP contribution in [-0.4, -0.2) is 42.8 Å². The van der Waals surface area contributed by atoms with Crippen LogP contribution >= 0.6 is 11.3 Å². The summed E-state index contributed by atoms with van der Waals surface area (Å²) in [5.41, 5.74) is 4.18. The van der Waals surface area contributed by atoms with Gasteiger partial charge in [0.25, 0.3) is 11.6 Å². The summed E-state index contributed by atoms with van der Waals surface area (Å²) in [6, 6.07) is 13.7. The SMILES string of the molecule is Cc1ccc(-c2cc(C(=O)N(C)[C@@H](C)c3ccc(-n4cncn4)cc3)c3c(C)noc3n2)s1. The minimum Gasteiger partial charge on any atom is -0.335 e. The highest BCUT2D eigenvalue weighted by molar-refractivity contribution is 7.15. The number of rotatable bonds is 5. The third kappa shape index (κ3) is 3.80. The summed E-state index contributed by atoms with van der Waals surface area (Å²) >= 11 is 1.63. The smallest absolute Gasteiger partial charge is 0.259 e. The second-order valence-corrected chi connectivity index (χ2v) is 9.23.